The number of rotatable bonds is 5. The first-order chi connectivity index (χ1) is 7.15. The largest absolute Gasteiger partial charge is 0.315 e. The summed E-state index contributed by atoms with van der Waals surface area (Å²) in [6, 6.07) is 0.707. The molecule has 1 unspecified atom stereocenters. The zero-order chi connectivity index (χ0) is 11.3. The van der Waals surface area contributed by atoms with Crippen LogP contribution in [0.4, 0.5) is 0 Å². The molecular weight excluding hydrogens is 184 g/mol. The zero-order valence-corrected chi connectivity index (χ0v) is 10.9. The summed E-state index contributed by atoms with van der Waals surface area (Å²) in [4.78, 5) is 2.64. The number of hydrogen-bond acceptors (Lipinski definition) is 2. The van der Waals surface area contributed by atoms with Crippen molar-refractivity contribution in [2.75, 3.05) is 26.2 Å². The molecule has 1 heterocycles. The lowest BCUT2D eigenvalue weighted by Crippen LogP contribution is -2.45. The molecule has 0 bridgehead atoms. The van der Waals surface area contributed by atoms with Crippen molar-refractivity contribution in [3.63, 3.8) is 0 Å². The Kier molecular flexibility index (Phi) is 5.62. The van der Waals surface area contributed by atoms with E-state index in [1.54, 1.807) is 0 Å². The third-order valence-electron chi connectivity index (χ3n) is 3.83. The van der Waals surface area contributed by atoms with Gasteiger partial charge in [0, 0.05) is 12.6 Å². The van der Waals surface area contributed by atoms with Crippen molar-refractivity contribution in [2.45, 2.75) is 46.6 Å². The van der Waals surface area contributed by atoms with Crippen LogP contribution in [0.5, 0.6) is 0 Å². The van der Waals surface area contributed by atoms with Crippen LogP contribution in [0.15, 0.2) is 0 Å². The predicted octanol–water partition coefficient (Wildman–Crippen LogP) is 2.35. The molecule has 1 fully saturated rings. The Labute approximate surface area is 95.4 Å². The van der Waals surface area contributed by atoms with Crippen LogP contribution in [0, 0.1) is 11.8 Å². The molecule has 1 aliphatic rings. The number of nitrogens with one attached hydrogen (secondary N) is 1. The number of piperidine rings is 1. The van der Waals surface area contributed by atoms with E-state index in [9.17, 15) is 0 Å². The summed E-state index contributed by atoms with van der Waals surface area (Å²) in [6.45, 7) is 14.1. The number of nitrogens with zero attached hydrogens (tertiary/aromatic N) is 1. The zero-order valence-electron chi connectivity index (χ0n) is 10.9. The molecule has 0 radical (unpaired) electrons. The second kappa shape index (κ2) is 6.49. The Morgan fingerprint density at radius 1 is 1.20 bits per heavy atom. The van der Waals surface area contributed by atoms with Crippen LogP contribution in [0.1, 0.15) is 40.5 Å². The van der Waals surface area contributed by atoms with E-state index in [4.69, 9.17) is 0 Å². The highest BCUT2D eigenvalue weighted by Crippen LogP contribution is 2.25. The molecule has 2 heteroatoms. The number of likely N-dealkylation sites (N-methyl/N-ethyl adjacent to an activating group) is 1. The van der Waals surface area contributed by atoms with E-state index in [2.05, 4.69) is 37.9 Å². The molecule has 1 rings (SSSR count). The van der Waals surface area contributed by atoms with Crippen LogP contribution >= 0.6 is 0 Å². The minimum Gasteiger partial charge on any atom is -0.315 e. The summed E-state index contributed by atoms with van der Waals surface area (Å²) in [5.41, 5.74) is 0. The van der Waals surface area contributed by atoms with Gasteiger partial charge in [0.25, 0.3) is 0 Å². The Morgan fingerprint density at radius 3 is 2.27 bits per heavy atom. The molecule has 0 aromatic rings. The first-order valence-electron chi connectivity index (χ1n) is 6.59. The van der Waals surface area contributed by atoms with Crippen LogP contribution in [0.3, 0.4) is 0 Å². The highest BCUT2D eigenvalue weighted by molar-refractivity contribution is 4.78. The fraction of sp³-hybridized carbons (Fsp3) is 1.00. The van der Waals surface area contributed by atoms with Gasteiger partial charge in [0.1, 0.15) is 0 Å². The number of hydrogen-bond donors (Lipinski definition) is 1. The average molecular weight is 212 g/mol. The van der Waals surface area contributed by atoms with Crippen molar-refractivity contribution in [3.05, 3.63) is 0 Å². The van der Waals surface area contributed by atoms with Gasteiger partial charge in [-0.3, -0.25) is 4.90 Å². The summed E-state index contributed by atoms with van der Waals surface area (Å²) in [5.74, 6) is 1.84. The van der Waals surface area contributed by atoms with E-state index in [0.717, 1.165) is 24.9 Å². The quantitative estimate of drug-likeness (QED) is 0.752. The van der Waals surface area contributed by atoms with Gasteiger partial charge in [-0.1, -0.05) is 20.8 Å². The van der Waals surface area contributed by atoms with Crippen molar-refractivity contribution in [1.82, 2.24) is 10.2 Å². The minimum atomic E-state index is 0.707. The van der Waals surface area contributed by atoms with E-state index < -0.39 is 0 Å². The van der Waals surface area contributed by atoms with Crippen molar-refractivity contribution in [1.29, 1.82) is 0 Å². The minimum absolute atomic E-state index is 0.707. The second-order valence-electron chi connectivity index (χ2n) is 5.27. The van der Waals surface area contributed by atoms with Gasteiger partial charge in [0.2, 0.25) is 0 Å². The van der Waals surface area contributed by atoms with E-state index in [-0.39, 0.29) is 0 Å². The highest BCUT2D eigenvalue weighted by Gasteiger charge is 2.23. The SMILES string of the molecule is CCNCC(C)N1CCC(C(C)C)CC1. The lowest BCUT2D eigenvalue weighted by molar-refractivity contribution is 0.121. The van der Waals surface area contributed by atoms with Gasteiger partial charge >= 0.3 is 0 Å². The maximum Gasteiger partial charge on any atom is 0.0192 e. The van der Waals surface area contributed by atoms with Gasteiger partial charge in [-0.25, -0.2) is 0 Å². The monoisotopic (exact) mass is 212 g/mol. The Balaban J connectivity index is 2.24. The summed E-state index contributed by atoms with van der Waals surface area (Å²) >= 11 is 0. The Morgan fingerprint density at radius 2 is 1.80 bits per heavy atom. The fourth-order valence-electron chi connectivity index (χ4n) is 2.51. The average Bonchev–Trinajstić information content (AvgIpc) is 2.26. The van der Waals surface area contributed by atoms with E-state index >= 15 is 0 Å². The molecule has 0 saturated carbocycles. The maximum absolute atomic E-state index is 3.44. The van der Waals surface area contributed by atoms with E-state index in [0.29, 0.717) is 6.04 Å². The van der Waals surface area contributed by atoms with Crippen LogP contribution in [0.25, 0.3) is 0 Å². The first kappa shape index (κ1) is 13.0. The Bertz CT molecular complexity index is 160. The molecule has 1 saturated heterocycles. The maximum atomic E-state index is 3.44. The smallest absolute Gasteiger partial charge is 0.0192 e. The van der Waals surface area contributed by atoms with Crippen LogP contribution in [-0.4, -0.2) is 37.1 Å². The van der Waals surface area contributed by atoms with E-state index in [1.165, 1.54) is 25.9 Å². The van der Waals surface area contributed by atoms with Crippen molar-refractivity contribution < 1.29 is 0 Å². The van der Waals surface area contributed by atoms with Crippen molar-refractivity contribution in [2.24, 2.45) is 11.8 Å². The first-order valence-corrected chi connectivity index (χ1v) is 6.59. The molecule has 1 atom stereocenters. The molecule has 90 valence electrons. The molecule has 2 nitrogen and oxygen atoms in total. The second-order valence-corrected chi connectivity index (χ2v) is 5.27. The molecule has 0 aliphatic carbocycles. The molecule has 0 amide bonds. The normalized spacial score (nSPS) is 22.2. The van der Waals surface area contributed by atoms with Crippen LogP contribution < -0.4 is 5.32 Å². The predicted molar refractivity (Wildman–Crippen MR) is 67.1 cm³/mol. The molecule has 1 N–H and O–H groups in total. The summed E-state index contributed by atoms with van der Waals surface area (Å²) < 4.78 is 0. The number of likely N-dealkylation sites (tertiary alicyclic amines) is 1. The van der Waals surface area contributed by atoms with Gasteiger partial charge in [0.15, 0.2) is 0 Å². The Hall–Kier alpha value is -0.0800. The molecule has 0 aromatic heterocycles. The van der Waals surface area contributed by atoms with Crippen LogP contribution in [0.2, 0.25) is 0 Å². The molecule has 15 heavy (non-hydrogen) atoms. The highest BCUT2D eigenvalue weighted by atomic mass is 15.2. The van der Waals surface area contributed by atoms with Gasteiger partial charge in [0.05, 0.1) is 0 Å². The van der Waals surface area contributed by atoms with Crippen molar-refractivity contribution in [3.8, 4) is 0 Å². The lowest BCUT2D eigenvalue weighted by Gasteiger charge is -2.37. The van der Waals surface area contributed by atoms with E-state index in [1.807, 2.05) is 0 Å². The molecule has 1 aliphatic heterocycles. The third kappa shape index (κ3) is 4.12. The topological polar surface area (TPSA) is 15.3 Å². The third-order valence-corrected chi connectivity index (χ3v) is 3.83. The summed E-state index contributed by atoms with van der Waals surface area (Å²) in [6.07, 6.45) is 2.79. The molecule has 0 spiro atoms. The van der Waals surface area contributed by atoms with Crippen LogP contribution in [-0.2, 0) is 0 Å². The molecular formula is C13H28N2. The van der Waals surface area contributed by atoms with Crippen molar-refractivity contribution >= 4 is 0 Å². The van der Waals surface area contributed by atoms with Gasteiger partial charge in [-0.2, -0.15) is 0 Å². The summed E-state index contributed by atoms with van der Waals surface area (Å²) in [5, 5.41) is 3.44. The molecule has 0 aromatic carbocycles. The van der Waals surface area contributed by atoms with Gasteiger partial charge in [-0.05, 0) is 51.2 Å². The summed E-state index contributed by atoms with van der Waals surface area (Å²) in [7, 11) is 0. The standard InChI is InChI=1S/C13H28N2/c1-5-14-10-12(4)15-8-6-13(7-9-15)11(2)3/h11-14H,5-10H2,1-4H3. The van der Waals surface area contributed by atoms with Gasteiger partial charge < -0.3 is 5.32 Å². The van der Waals surface area contributed by atoms with Gasteiger partial charge in [-0.15, -0.1) is 0 Å². The fourth-order valence-corrected chi connectivity index (χ4v) is 2.51. The lowest BCUT2D eigenvalue weighted by atomic mass is 9.86.